The van der Waals surface area contributed by atoms with Gasteiger partial charge in [-0.2, -0.15) is 5.10 Å². The monoisotopic (exact) mass is 345 g/mol. The van der Waals surface area contributed by atoms with Gasteiger partial charge in [0.15, 0.2) is 6.23 Å². The van der Waals surface area contributed by atoms with E-state index in [1.807, 2.05) is 23.1 Å². The molecule has 0 amide bonds. The summed E-state index contributed by atoms with van der Waals surface area (Å²) in [6.45, 7) is 2.91. The zero-order chi connectivity index (χ0) is 17.5. The van der Waals surface area contributed by atoms with Crippen molar-refractivity contribution < 1.29 is 4.74 Å². The Hall–Kier alpha value is -2.86. The van der Waals surface area contributed by atoms with E-state index in [2.05, 4.69) is 39.1 Å². The number of rotatable bonds is 2. The maximum absolute atomic E-state index is 5.93. The standard InChI is InChI=1S/C20H19N5O/c1-13-5-6-18-15(11-24-25(18)19-4-2-3-7-26-19)20(13)17-8-16-14(10-22-17)9-21-12-23-16/h5-6,8-12,19H,2-4,7H2,1H3. The molecule has 1 unspecified atom stereocenters. The zero-order valence-corrected chi connectivity index (χ0v) is 14.6. The van der Waals surface area contributed by atoms with E-state index in [1.165, 1.54) is 12.0 Å². The van der Waals surface area contributed by atoms with Crippen LogP contribution in [0, 0.1) is 6.92 Å². The minimum Gasteiger partial charge on any atom is -0.356 e. The van der Waals surface area contributed by atoms with Crippen molar-refractivity contribution in [2.45, 2.75) is 32.4 Å². The molecule has 0 N–H and O–H groups in total. The highest BCUT2D eigenvalue weighted by molar-refractivity contribution is 5.97. The molecule has 3 aromatic heterocycles. The van der Waals surface area contributed by atoms with E-state index < -0.39 is 0 Å². The molecular weight excluding hydrogens is 326 g/mol. The van der Waals surface area contributed by atoms with Crippen LogP contribution in [0.4, 0.5) is 0 Å². The van der Waals surface area contributed by atoms with Crippen molar-refractivity contribution in [3.8, 4) is 11.3 Å². The third-order valence-corrected chi connectivity index (χ3v) is 5.06. The Balaban J connectivity index is 1.68. The van der Waals surface area contributed by atoms with E-state index in [4.69, 9.17) is 4.74 Å². The van der Waals surface area contributed by atoms with Gasteiger partial charge in [-0.3, -0.25) is 4.98 Å². The molecule has 6 heteroatoms. The summed E-state index contributed by atoms with van der Waals surface area (Å²) in [6.07, 6.45) is 10.4. The number of fused-ring (bicyclic) bond motifs is 2. The van der Waals surface area contributed by atoms with Gasteiger partial charge in [0, 0.05) is 35.3 Å². The van der Waals surface area contributed by atoms with Crippen LogP contribution >= 0.6 is 0 Å². The van der Waals surface area contributed by atoms with E-state index in [0.717, 1.165) is 52.5 Å². The van der Waals surface area contributed by atoms with E-state index in [0.29, 0.717) is 0 Å². The molecule has 0 spiro atoms. The number of benzene rings is 1. The van der Waals surface area contributed by atoms with Gasteiger partial charge in [0.2, 0.25) is 0 Å². The Morgan fingerprint density at radius 3 is 2.96 bits per heavy atom. The normalized spacial score (nSPS) is 17.8. The van der Waals surface area contributed by atoms with E-state index in [1.54, 1.807) is 12.5 Å². The highest BCUT2D eigenvalue weighted by atomic mass is 16.5. The Kier molecular flexibility index (Phi) is 3.64. The molecule has 1 saturated heterocycles. The number of aryl methyl sites for hydroxylation is 1. The van der Waals surface area contributed by atoms with Crippen LogP contribution in [0.3, 0.4) is 0 Å². The van der Waals surface area contributed by atoms with Crippen LogP contribution in [0.5, 0.6) is 0 Å². The number of ether oxygens (including phenoxy) is 1. The lowest BCUT2D eigenvalue weighted by molar-refractivity contribution is -0.0366. The van der Waals surface area contributed by atoms with Crippen molar-refractivity contribution in [2.24, 2.45) is 0 Å². The summed E-state index contributed by atoms with van der Waals surface area (Å²) in [6, 6.07) is 6.28. The maximum atomic E-state index is 5.93. The first-order chi connectivity index (χ1) is 12.8. The first-order valence-electron chi connectivity index (χ1n) is 8.96. The van der Waals surface area contributed by atoms with Crippen LogP contribution in [0.25, 0.3) is 33.1 Å². The predicted octanol–water partition coefficient (Wildman–Crippen LogP) is 4.05. The third-order valence-electron chi connectivity index (χ3n) is 5.06. The number of pyridine rings is 1. The fourth-order valence-electron chi connectivity index (χ4n) is 3.73. The summed E-state index contributed by atoms with van der Waals surface area (Å²) in [7, 11) is 0. The fourth-order valence-corrected chi connectivity index (χ4v) is 3.73. The number of hydrogen-bond acceptors (Lipinski definition) is 5. The Bertz CT molecular complexity index is 1100. The second-order valence-corrected chi connectivity index (χ2v) is 6.75. The van der Waals surface area contributed by atoms with Crippen molar-refractivity contribution >= 4 is 21.8 Å². The fraction of sp³-hybridized carbons (Fsp3) is 0.300. The van der Waals surface area contributed by atoms with Gasteiger partial charge >= 0.3 is 0 Å². The lowest BCUT2D eigenvalue weighted by Crippen LogP contribution is -2.18. The average molecular weight is 345 g/mol. The second-order valence-electron chi connectivity index (χ2n) is 6.75. The molecule has 5 rings (SSSR count). The first-order valence-corrected chi connectivity index (χ1v) is 8.96. The molecule has 4 aromatic rings. The highest BCUT2D eigenvalue weighted by Gasteiger charge is 2.20. The summed E-state index contributed by atoms with van der Waals surface area (Å²) in [5.41, 5.74) is 5.16. The highest BCUT2D eigenvalue weighted by Crippen LogP contribution is 2.34. The van der Waals surface area contributed by atoms with Gasteiger partial charge < -0.3 is 4.74 Å². The van der Waals surface area contributed by atoms with E-state index in [-0.39, 0.29) is 6.23 Å². The maximum Gasteiger partial charge on any atom is 0.150 e. The van der Waals surface area contributed by atoms with Crippen molar-refractivity contribution in [2.75, 3.05) is 6.61 Å². The average Bonchev–Trinajstić information content (AvgIpc) is 3.12. The van der Waals surface area contributed by atoms with Crippen LogP contribution in [-0.4, -0.2) is 31.3 Å². The third kappa shape index (κ3) is 2.45. The number of nitrogens with zero attached hydrogens (tertiary/aromatic N) is 5. The van der Waals surface area contributed by atoms with Crippen molar-refractivity contribution in [3.05, 3.63) is 48.7 Å². The van der Waals surface area contributed by atoms with Gasteiger partial charge in [0.1, 0.15) is 6.33 Å². The molecular formula is C20H19N5O. The van der Waals surface area contributed by atoms with Gasteiger partial charge in [0.05, 0.1) is 22.9 Å². The Labute approximate surface area is 150 Å². The van der Waals surface area contributed by atoms with Gasteiger partial charge in [-0.25, -0.2) is 14.6 Å². The molecule has 6 nitrogen and oxygen atoms in total. The smallest absolute Gasteiger partial charge is 0.150 e. The molecule has 1 fully saturated rings. The molecule has 130 valence electrons. The van der Waals surface area contributed by atoms with Gasteiger partial charge in [-0.1, -0.05) is 6.07 Å². The minimum absolute atomic E-state index is 0.0223. The topological polar surface area (TPSA) is 65.7 Å². The SMILES string of the molecule is Cc1ccc2c(cnn2C2CCCCO2)c1-c1cc2ncncc2cn1. The largest absolute Gasteiger partial charge is 0.356 e. The quantitative estimate of drug-likeness (QED) is 0.548. The molecule has 26 heavy (non-hydrogen) atoms. The minimum atomic E-state index is 0.0223. The van der Waals surface area contributed by atoms with Crippen LogP contribution in [0.2, 0.25) is 0 Å². The molecule has 0 saturated carbocycles. The Morgan fingerprint density at radius 1 is 1.12 bits per heavy atom. The van der Waals surface area contributed by atoms with Gasteiger partial charge in [0.25, 0.3) is 0 Å². The molecule has 1 aromatic carbocycles. The van der Waals surface area contributed by atoms with Gasteiger partial charge in [-0.05, 0) is 43.9 Å². The summed E-state index contributed by atoms with van der Waals surface area (Å²) < 4.78 is 7.95. The summed E-state index contributed by atoms with van der Waals surface area (Å²) in [4.78, 5) is 13.1. The van der Waals surface area contributed by atoms with Crippen LogP contribution < -0.4 is 0 Å². The molecule has 0 bridgehead atoms. The summed E-state index contributed by atoms with van der Waals surface area (Å²) in [5.74, 6) is 0. The van der Waals surface area contributed by atoms with Gasteiger partial charge in [-0.15, -0.1) is 0 Å². The van der Waals surface area contributed by atoms with Crippen LogP contribution in [0.1, 0.15) is 31.1 Å². The molecule has 0 aliphatic carbocycles. The number of aromatic nitrogens is 5. The van der Waals surface area contributed by atoms with E-state index >= 15 is 0 Å². The summed E-state index contributed by atoms with van der Waals surface area (Å²) >= 11 is 0. The molecule has 4 heterocycles. The zero-order valence-electron chi connectivity index (χ0n) is 14.6. The van der Waals surface area contributed by atoms with Crippen LogP contribution in [-0.2, 0) is 4.74 Å². The molecule has 1 aliphatic rings. The molecule has 1 aliphatic heterocycles. The van der Waals surface area contributed by atoms with Crippen LogP contribution in [0.15, 0.2) is 43.1 Å². The number of hydrogen-bond donors (Lipinski definition) is 0. The lowest BCUT2D eigenvalue weighted by Gasteiger charge is -2.23. The predicted molar refractivity (Wildman–Crippen MR) is 99.6 cm³/mol. The summed E-state index contributed by atoms with van der Waals surface area (Å²) in [5, 5.41) is 6.68. The van der Waals surface area contributed by atoms with Crippen molar-refractivity contribution in [1.29, 1.82) is 0 Å². The Morgan fingerprint density at radius 2 is 2.08 bits per heavy atom. The first kappa shape index (κ1) is 15.4. The molecule has 0 radical (unpaired) electrons. The van der Waals surface area contributed by atoms with E-state index in [9.17, 15) is 0 Å². The van der Waals surface area contributed by atoms with Crippen molar-refractivity contribution in [1.82, 2.24) is 24.7 Å². The second kappa shape index (κ2) is 6.14. The molecule has 1 atom stereocenters. The van der Waals surface area contributed by atoms with Crippen molar-refractivity contribution in [3.63, 3.8) is 0 Å². The lowest BCUT2D eigenvalue weighted by atomic mass is 10.0.